The van der Waals surface area contributed by atoms with Crippen molar-refractivity contribution in [1.29, 1.82) is 0 Å². The van der Waals surface area contributed by atoms with Crippen LogP contribution in [0.15, 0.2) is 33.6 Å². The van der Waals surface area contributed by atoms with E-state index >= 15 is 0 Å². The second kappa shape index (κ2) is 7.07. The van der Waals surface area contributed by atoms with Gasteiger partial charge in [-0.25, -0.2) is 0 Å². The van der Waals surface area contributed by atoms with Crippen LogP contribution in [0.25, 0.3) is 0 Å². The molecule has 0 atom stereocenters. The number of benzene rings is 1. The zero-order valence-corrected chi connectivity index (χ0v) is 11.2. The smallest absolute Gasteiger partial charge is 0.193 e. The molecular weight excluding hydrogens is 272 g/mol. The topological polar surface area (TPSA) is 17.1 Å². The maximum Gasteiger partial charge on any atom is 0.193 e. The Kier molecular flexibility index (Phi) is 6.03. The molecule has 0 heterocycles. The highest BCUT2D eigenvalue weighted by Gasteiger charge is 2.03. The molecule has 15 heavy (non-hydrogen) atoms. The number of carbonyl (C=O) groups is 1. The van der Waals surface area contributed by atoms with E-state index in [9.17, 15) is 4.79 Å². The van der Waals surface area contributed by atoms with E-state index in [1.54, 1.807) is 0 Å². The van der Waals surface area contributed by atoms with Crippen molar-refractivity contribution in [3.63, 3.8) is 0 Å². The van der Waals surface area contributed by atoms with E-state index in [0.29, 0.717) is 6.42 Å². The Morgan fingerprint density at radius 3 is 2.53 bits per heavy atom. The monoisotopic (exact) mass is 286 g/mol. The average molecular weight is 287 g/mol. The molecule has 0 fully saturated rings. The summed E-state index contributed by atoms with van der Waals surface area (Å²) in [6, 6.07) is 7.85. The number of rotatable bonds is 5. The molecule has 0 aromatic heterocycles. The molecule has 0 aliphatic carbocycles. The second-order valence-corrected chi connectivity index (χ2v) is 5.43. The lowest BCUT2D eigenvalue weighted by Crippen LogP contribution is -1.90. The van der Waals surface area contributed by atoms with E-state index in [1.165, 1.54) is 11.8 Å². The van der Waals surface area contributed by atoms with Crippen molar-refractivity contribution in [2.75, 3.05) is 0 Å². The first-order valence-corrected chi connectivity index (χ1v) is 6.79. The van der Waals surface area contributed by atoms with Crippen LogP contribution in [0.2, 0.25) is 0 Å². The first-order valence-electron chi connectivity index (χ1n) is 5.18. The average Bonchev–Trinajstić information content (AvgIpc) is 2.22. The Morgan fingerprint density at radius 1 is 1.27 bits per heavy atom. The van der Waals surface area contributed by atoms with Crippen LogP contribution in [-0.2, 0) is 4.79 Å². The van der Waals surface area contributed by atoms with E-state index in [1.807, 2.05) is 24.3 Å². The molecular formula is C12H15BrOS. The molecule has 0 saturated carbocycles. The van der Waals surface area contributed by atoms with Crippen LogP contribution in [0.1, 0.15) is 32.6 Å². The Morgan fingerprint density at radius 2 is 1.93 bits per heavy atom. The molecule has 0 radical (unpaired) electrons. The van der Waals surface area contributed by atoms with Gasteiger partial charge in [0.25, 0.3) is 0 Å². The van der Waals surface area contributed by atoms with Gasteiger partial charge in [-0.2, -0.15) is 0 Å². The van der Waals surface area contributed by atoms with Crippen molar-refractivity contribution in [3.05, 3.63) is 28.7 Å². The van der Waals surface area contributed by atoms with Gasteiger partial charge in [0, 0.05) is 15.8 Å². The van der Waals surface area contributed by atoms with E-state index in [2.05, 4.69) is 22.9 Å². The summed E-state index contributed by atoms with van der Waals surface area (Å²) in [5, 5.41) is 0.269. The first kappa shape index (κ1) is 12.8. The number of halogens is 1. The zero-order valence-electron chi connectivity index (χ0n) is 8.83. The standard InChI is InChI=1S/C12H15BrOS/c1-2-3-4-5-12(14)15-11-8-6-10(13)7-9-11/h6-9H,2-5H2,1H3. The molecule has 1 aromatic rings. The third kappa shape index (κ3) is 5.38. The van der Waals surface area contributed by atoms with Gasteiger partial charge in [0.15, 0.2) is 5.12 Å². The minimum Gasteiger partial charge on any atom is -0.287 e. The minimum atomic E-state index is 0.269. The van der Waals surface area contributed by atoms with Crippen molar-refractivity contribution in [2.24, 2.45) is 0 Å². The van der Waals surface area contributed by atoms with Crippen molar-refractivity contribution < 1.29 is 4.79 Å². The molecule has 0 aliphatic heterocycles. The van der Waals surface area contributed by atoms with E-state index < -0.39 is 0 Å². The summed E-state index contributed by atoms with van der Waals surface area (Å²) in [4.78, 5) is 12.6. The van der Waals surface area contributed by atoms with Crippen molar-refractivity contribution in [2.45, 2.75) is 37.5 Å². The Hall–Kier alpha value is -0.280. The molecule has 0 spiro atoms. The van der Waals surface area contributed by atoms with Crippen LogP contribution < -0.4 is 0 Å². The van der Waals surface area contributed by atoms with Crippen LogP contribution in [-0.4, -0.2) is 5.12 Å². The fourth-order valence-corrected chi connectivity index (χ4v) is 2.25. The van der Waals surface area contributed by atoms with Gasteiger partial charge in [-0.15, -0.1) is 0 Å². The van der Waals surface area contributed by atoms with Gasteiger partial charge in [0.2, 0.25) is 0 Å². The summed E-state index contributed by atoms with van der Waals surface area (Å²) in [5.74, 6) is 0. The Labute approximate surface area is 104 Å². The molecule has 0 amide bonds. The van der Waals surface area contributed by atoms with Gasteiger partial charge in [0.1, 0.15) is 0 Å². The van der Waals surface area contributed by atoms with E-state index in [0.717, 1.165) is 28.6 Å². The number of unbranched alkanes of at least 4 members (excludes halogenated alkanes) is 2. The van der Waals surface area contributed by atoms with Crippen LogP contribution in [0.4, 0.5) is 0 Å². The van der Waals surface area contributed by atoms with Gasteiger partial charge < -0.3 is 0 Å². The van der Waals surface area contributed by atoms with Crippen molar-refractivity contribution in [1.82, 2.24) is 0 Å². The van der Waals surface area contributed by atoms with E-state index in [4.69, 9.17) is 0 Å². The van der Waals surface area contributed by atoms with Crippen LogP contribution in [0, 0.1) is 0 Å². The highest BCUT2D eigenvalue weighted by molar-refractivity contribution is 9.10. The quantitative estimate of drug-likeness (QED) is 0.579. The van der Waals surface area contributed by atoms with Crippen LogP contribution in [0.5, 0.6) is 0 Å². The molecule has 1 nitrogen and oxygen atoms in total. The Bertz CT molecular complexity index is 308. The fraction of sp³-hybridized carbons (Fsp3) is 0.417. The molecule has 1 aromatic carbocycles. The van der Waals surface area contributed by atoms with Crippen molar-refractivity contribution in [3.8, 4) is 0 Å². The maximum absolute atomic E-state index is 11.5. The largest absolute Gasteiger partial charge is 0.287 e. The van der Waals surface area contributed by atoms with E-state index in [-0.39, 0.29) is 5.12 Å². The third-order valence-electron chi connectivity index (χ3n) is 2.03. The van der Waals surface area contributed by atoms with Crippen LogP contribution >= 0.6 is 27.7 Å². The number of thioether (sulfide) groups is 1. The zero-order chi connectivity index (χ0) is 11.1. The Balaban J connectivity index is 2.34. The molecule has 0 aliphatic rings. The van der Waals surface area contributed by atoms with Gasteiger partial charge in [-0.1, -0.05) is 47.5 Å². The fourth-order valence-electron chi connectivity index (χ4n) is 1.20. The normalized spacial score (nSPS) is 10.3. The maximum atomic E-state index is 11.5. The third-order valence-corrected chi connectivity index (χ3v) is 3.50. The summed E-state index contributed by atoms with van der Waals surface area (Å²) in [6.45, 7) is 2.15. The lowest BCUT2D eigenvalue weighted by molar-refractivity contribution is -0.111. The van der Waals surface area contributed by atoms with Gasteiger partial charge in [0.05, 0.1) is 0 Å². The summed E-state index contributed by atoms with van der Waals surface area (Å²) >= 11 is 4.71. The lowest BCUT2D eigenvalue weighted by Gasteiger charge is -2.00. The molecule has 82 valence electrons. The molecule has 3 heteroatoms. The summed E-state index contributed by atoms with van der Waals surface area (Å²) in [5.41, 5.74) is 0. The number of hydrogen-bond acceptors (Lipinski definition) is 2. The SMILES string of the molecule is CCCCCC(=O)Sc1ccc(Br)cc1. The molecule has 0 unspecified atom stereocenters. The second-order valence-electron chi connectivity index (χ2n) is 3.39. The minimum absolute atomic E-state index is 0.269. The highest BCUT2D eigenvalue weighted by atomic mass is 79.9. The molecule has 0 saturated heterocycles. The molecule has 0 N–H and O–H groups in total. The summed E-state index contributed by atoms with van der Waals surface area (Å²) in [7, 11) is 0. The van der Waals surface area contributed by atoms with Crippen molar-refractivity contribution >= 4 is 32.8 Å². The first-order chi connectivity index (χ1) is 7.22. The predicted molar refractivity (Wildman–Crippen MR) is 69.1 cm³/mol. The summed E-state index contributed by atoms with van der Waals surface area (Å²) in [6.07, 6.45) is 4.01. The summed E-state index contributed by atoms with van der Waals surface area (Å²) < 4.78 is 1.05. The van der Waals surface area contributed by atoms with Crippen LogP contribution in [0.3, 0.4) is 0 Å². The highest BCUT2D eigenvalue weighted by Crippen LogP contribution is 2.23. The lowest BCUT2D eigenvalue weighted by atomic mass is 10.2. The number of carbonyl (C=O) groups excluding carboxylic acids is 1. The molecule has 0 bridgehead atoms. The van der Waals surface area contributed by atoms with Gasteiger partial charge in [-0.3, -0.25) is 4.79 Å². The molecule has 1 rings (SSSR count). The van der Waals surface area contributed by atoms with Gasteiger partial charge in [-0.05, 0) is 30.7 Å². The van der Waals surface area contributed by atoms with Gasteiger partial charge >= 0.3 is 0 Å². The number of hydrogen-bond donors (Lipinski definition) is 0. The predicted octanol–water partition coefficient (Wildman–Crippen LogP) is 4.65.